The van der Waals surface area contributed by atoms with Gasteiger partial charge in [0, 0.05) is 45.8 Å². The summed E-state index contributed by atoms with van der Waals surface area (Å²) in [6.07, 6.45) is 1.94. The van der Waals surface area contributed by atoms with E-state index in [9.17, 15) is 4.79 Å². The second-order valence-corrected chi connectivity index (χ2v) is 6.04. The molecule has 5 nitrogen and oxygen atoms in total. The fraction of sp³-hybridized carbons (Fsp3) is 0.625. The lowest BCUT2D eigenvalue weighted by Gasteiger charge is -2.34. The molecule has 0 bridgehead atoms. The minimum Gasteiger partial charge on any atom is -0.353 e. The summed E-state index contributed by atoms with van der Waals surface area (Å²) < 4.78 is 0. The van der Waals surface area contributed by atoms with Crippen molar-refractivity contribution < 1.29 is 4.79 Å². The van der Waals surface area contributed by atoms with Crippen molar-refractivity contribution in [1.82, 2.24) is 15.2 Å². The Balaban J connectivity index is 1.84. The summed E-state index contributed by atoms with van der Waals surface area (Å²) >= 11 is 0. The van der Waals surface area contributed by atoms with Gasteiger partial charge in [0.25, 0.3) is 0 Å². The lowest BCUT2D eigenvalue weighted by molar-refractivity contribution is -0.129. The molecule has 0 saturated carbocycles. The van der Waals surface area contributed by atoms with Gasteiger partial charge >= 0.3 is 0 Å². The maximum absolute atomic E-state index is 11.3. The number of piperazine rings is 1. The number of nitrogens with zero attached hydrogens (tertiary/aromatic N) is 3. The van der Waals surface area contributed by atoms with E-state index >= 15 is 0 Å². The molecular weight excluding hydrogens is 264 g/mol. The number of pyridine rings is 1. The van der Waals surface area contributed by atoms with Crippen LogP contribution in [0.1, 0.15) is 26.3 Å². The van der Waals surface area contributed by atoms with Gasteiger partial charge < -0.3 is 15.1 Å². The Kier molecular flexibility index (Phi) is 5.56. The Morgan fingerprint density at radius 1 is 1.29 bits per heavy atom. The Morgan fingerprint density at radius 2 is 2.00 bits per heavy atom. The number of anilines is 1. The van der Waals surface area contributed by atoms with Gasteiger partial charge in [-0.1, -0.05) is 19.9 Å². The minimum atomic E-state index is 0.161. The van der Waals surface area contributed by atoms with Crippen molar-refractivity contribution in [2.24, 2.45) is 5.92 Å². The summed E-state index contributed by atoms with van der Waals surface area (Å²) in [5.74, 6) is 1.83. The SMILES string of the molecule is CC(=O)N1CCN(c2ccc(CNCC(C)C)cn2)CC1. The predicted molar refractivity (Wildman–Crippen MR) is 85.2 cm³/mol. The number of rotatable bonds is 5. The second kappa shape index (κ2) is 7.41. The summed E-state index contributed by atoms with van der Waals surface area (Å²) in [6, 6.07) is 4.21. The van der Waals surface area contributed by atoms with Gasteiger partial charge in [-0.25, -0.2) is 4.98 Å². The molecule has 0 atom stereocenters. The summed E-state index contributed by atoms with van der Waals surface area (Å²) in [7, 11) is 0. The van der Waals surface area contributed by atoms with E-state index in [4.69, 9.17) is 0 Å². The average Bonchev–Trinajstić information content (AvgIpc) is 2.48. The van der Waals surface area contributed by atoms with Crippen molar-refractivity contribution in [2.45, 2.75) is 27.3 Å². The molecule has 2 heterocycles. The number of nitrogens with one attached hydrogen (secondary N) is 1. The van der Waals surface area contributed by atoms with E-state index < -0.39 is 0 Å². The number of hydrogen-bond acceptors (Lipinski definition) is 4. The number of hydrogen-bond donors (Lipinski definition) is 1. The van der Waals surface area contributed by atoms with E-state index in [2.05, 4.69) is 41.2 Å². The molecule has 2 rings (SSSR count). The second-order valence-electron chi connectivity index (χ2n) is 6.04. The van der Waals surface area contributed by atoms with Gasteiger partial charge in [-0.2, -0.15) is 0 Å². The predicted octanol–water partition coefficient (Wildman–Crippen LogP) is 1.50. The first-order valence-corrected chi connectivity index (χ1v) is 7.72. The van der Waals surface area contributed by atoms with Crippen LogP contribution in [0.5, 0.6) is 0 Å². The lowest BCUT2D eigenvalue weighted by Crippen LogP contribution is -2.48. The highest BCUT2D eigenvalue weighted by molar-refractivity contribution is 5.73. The van der Waals surface area contributed by atoms with Crippen LogP contribution in [0, 0.1) is 5.92 Å². The normalized spacial score (nSPS) is 15.6. The van der Waals surface area contributed by atoms with Gasteiger partial charge in [0.15, 0.2) is 0 Å². The van der Waals surface area contributed by atoms with Crippen molar-refractivity contribution in [3.8, 4) is 0 Å². The fourth-order valence-electron chi connectivity index (χ4n) is 2.46. The molecule has 21 heavy (non-hydrogen) atoms. The highest BCUT2D eigenvalue weighted by Gasteiger charge is 2.19. The first-order chi connectivity index (χ1) is 10.1. The van der Waals surface area contributed by atoms with E-state index in [1.165, 1.54) is 5.56 Å². The Hall–Kier alpha value is -1.62. The largest absolute Gasteiger partial charge is 0.353 e. The Bertz CT molecular complexity index is 450. The van der Waals surface area contributed by atoms with Gasteiger partial charge in [-0.15, -0.1) is 0 Å². The molecule has 0 aliphatic carbocycles. The number of carbonyl (C=O) groups excluding carboxylic acids is 1. The molecule has 1 aliphatic heterocycles. The lowest BCUT2D eigenvalue weighted by atomic mass is 10.2. The van der Waals surface area contributed by atoms with Crippen LogP contribution in [0.4, 0.5) is 5.82 Å². The Morgan fingerprint density at radius 3 is 2.52 bits per heavy atom. The van der Waals surface area contributed by atoms with Crippen molar-refractivity contribution >= 4 is 11.7 Å². The third kappa shape index (κ3) is 4.70. The molecule has 5 heteroatoms. The molecule has 1 N–H and O–H groups in total. The average molecular weight is 290 g/mol. The summed E-state index contributed by atoms with van der Waals surface area (Å²) in [5.41, 5.74) is 1.21. The monoisotopic (exact) mass is 290 g/mol. The number of amides is 1. The van der Waals surface area contributed by atoms with Crippen LogP contribution in [0.15, 0.2) is 18.3 Å². The highest BCUT2D eigenvalue weighted by Crippen LogP contribution is 2.14. The highest BCUT2D eigenvalue weighted by atomic mass is 16.2. The molecule has 1 aromatic rings. The zero-order valence-electron chi connectivity index (χ0n) is 13.3. The summed E-state index contributed by atoms with van der Waals surface area (Å²) in [5, 5.41) is 3.42. The quantitative estimate of drug-likeness (QED) is 0.893. The Labute approximate surface area is 127 Å². The van der Waals surface area contributed by atoms with E-state index in [-0.39, 0.29) is 5.91 Å². The number of aromatic nitrogens is 1. The van der Waals surface area contributed by atoms with Crippen LogP contribution < -0.4 is 10.2 Å². The molecule has 0 radical (unpaired) electrons. The first-order valence-electron chi connectivity index (χ1n) is 7.72. The van der Waals surface area contributed by atoms with E-state index in [1.54, 1.807) is 6.92 Å². The fourth-order valence-corrected chi connectivity index (χ4v) is 2.46. The van der Waals surface area contributed by atoms with E-state index in [0.717, 1.165) is 45.1 Å². The molecular formula is C16H26N4O. The number of carbonyl (C=O) groups is 1. The third-order valence-electron chi connectivity index (χ3n) is 3.74. The van der Waals surface area contributed by atoms with Crippen molar-refractivity contribution in [2.75, 3.05) is 37.6 Å². The zero-order chi connectivity index (χ0) is 15.2. The minimum absolute atomic E-state index is 0.161. The molecule has 1 fully saturated rings. The molecule has 0 spiro atoms. The molecule has 0 aromatic carbocycles. The standard InChI is InChI=1S/C16H26N4O/c1-13(2)10-17-11-15-4-5-16(18-12-15)20-8-6-19(7-9-20)14(3)21/h4-5,12-13,17H,6-11H2,1-3H3. The van der Waals surface area contributed by atoms with Crippen LogP contribution in [0.3, 0.4) is 0 Å². The molecule has 1 saturated heterocycles. The molecule has 1 aliphatic rings. The van der Waals surface area contributed by atoms with Gasteiger partial charge in [0.2, 0.25) is 5.91 Å². The third-order valence-corrected chi connectivity index (χ3v) is 3.74. The molecule has 1 amide bonds. The van der Waals surface area contributed by atoms with Crippen LogP contribution in [-0.4, -0.2) is 48.5 Å². The summed E-state index contributed by atoms with van der Waals surface area (Å²) in [6.45, 7) is 11.2. The molecule has 0 unspecified atom stereocenters. The van der Waals surface area contributed by atoms with Crippen LogP contribution in [-0.2, 0) is 11.3 Å². The smallest absolute Gasteiger partial charge is 0.219 e. The zero-order valence-corrected chi connectivity index (χ0v) is 13.3. The maximum atomic E-state index is 11.3. The van der Waals surface area contributed by atoms with E-state index in [1.807, 2.05) is 11.1 Å². The first kappa shape index (κ1) is 15.8. The van der Waals surface area contributed by atoms with E-state index in [0.29, 0.717) is 5.92 Å². The van der Waals surface area contributed by atoms with Gasteiger partial charge in [0.05, 0.1) is 0 Å². The maximum Gasteiger partial charge on any atom is 0.219 e. The van der Waals surface area contributed by atoms with Crippen molar-refractivity contribution in [3.05, 3.63) is 23.9 Å². The van der Waals surface area contributed by atoms with Gasteiger partial charge in [-0.05, 0) is 24.1 Å². The van der Waals surface area contributed by atoms with Crippen LogP contribution in [0.25, 0.3) is 0 Å². The molecule has 1 aromatic heterocycles. The topological polar surface area (TPSA) is 48.5 Å². The van der Waals surface area contributed by atoms with Crippen molar-refractivity contribution in [3.63, 3.8) is 0 Å². The molecule has 116 valence electrons. The summed E-state index contributed by atoms with van der Waals surface area (Å²) in [4.78, 5) is 20.0. The van der Waals surface area contributed by atoms with Crippen LogP contribution in [0.2, 0.25) is 0 Å². The van der Waals surface area contributed by atoms with Crippen LogP contribution >= 0.6 is 0 Å². The van der Waals surface area contributed by atoms with Crippen molar-refractivity contribution in [1.29, 1.82) is 0 Å². The van der Waals surface area contributed by atoms with Gasteiger partial charge in [-0.3, -0.25) is 4.79 Å². The van der Waals surface area contributed by atoms with Gasteiger partial charge in [0.1, 0.15) is 5.82 Å².